The van der Waals surface area contributed by atoms with E-state index >= 15 is 0 Å². The Hall–Kier alpha value is -14.5. The van der Waals surface area contributed by atoms with Crippen molar-refractivity contribution in [3.63, 3.8) is 0 Å². The number of aromatic nitrogens is 6. The molecule has 0 aliphatic rings. The van der Waals surface area contributed by atoms with Gasteiger partial charge in [0.05, 0.1) is 0 Å². The van der Waals surface area contributed by atoms with Gasteiger partial charge in [-0.3, -0.25) is 0 Å². The van der Waals surface area contributed by atoms with E-state index in [9.17, 15) is 0 Å². The zero-order valence-corrected chi connectivity index (χ0v) is 63.1. The van der Waals surface area contributed by atoms with Gasteiger partial charge >= 0.3 is 0 Å². The molecule has 0 saturated heterocycles. The van der Waals surface area contributed by atoms with E-state index in [1.165, 1.54) is 64.0 Å². The molecule has 0 radical (unpaired) electrons. The van der Waals surface area contributed by atoms with Crippen LogP contribution in [0.3, 0.4) is 0 Å². The molecule has 0 spiro atoms. The third-order valence-corrected chi connectivity index (χ3v) is 24.9. The summed E-state index contributed by atoms with van der Waals surface area (Å²) in [5.41, 5.74) is 21.4. The second kappa shape index (κ2) is 27.8. The standard InChI is InChI=1S/C106H64N6S2/c1-4-26-65(27-5-1)66-50-54-69(55-51-66)74-60-62-79(77-34-12-18-42-90(77)103-107-101(70-28-6-2-7-29-70)109-105(111-103)92-46-24-44-88-80-35-20-22-48-95(80)113-99(88)92)94-64-72(58-59-78(74)94)67-52-56-68(57-53-67)73-61-63-87(76-33-11-10-32-75(73)76)98-84-39-15-13-37-82(84)97(83-38-14-16-40-85(83)98)86-41-17-19-43-91(86)104-108-102(71-30-8-3-9-31-71)110-106(112-104)93-47-25-45-89-81-36-21-23-49-96(81)114-100(89)93/h1-64H. The van der Waals surface area contributed by atoms with Crippen LogP contribution in [0.5, 0.6) is 0 Å². The van der Waals surface area contributed by atoms with Gasteiger partial charge in [0, 0.05) is 73.7 Å². The molecule has 8 heteroatoms. The molecule has 22 rings (SSSR count). The summed E-state index contributed by atoms with van der Waals surface area (Å²) in [6, 6.07) is 140. The Labute approximate surface area is 665 Å². The molecule has 0 unspecified atom stereocenters. The predicted molar refractivity (Wildman–Crippen MR) is 480 cm³/mol. The van der Waals surface area contributed by atoms with E-state index in [-0.39, 0.29) is 0 Å². The fourth-order valence-corrected chi connectivity index (χ4v) is 19.6. The maximum atomic E-state index is 5.48. The molecule has 0 N–H and O–H groups in total. The molecule has 0 saturated carbocycles. The monoisotopic (exact) mass is 1480 g/mol. The van der Waals surface area contributed by atoms with E-state index < -0.39 is 0 Å². The van der Waals surface area contributed by atoms with Gasteiger partial charge in [-0.15, -0.1) is 22.7 Å². The first-order valence-corrected chi connectivity index (χ1v) is 40.1. The third kappa shape index (κ3) is 11.4. The van der Waals surface area contributed by atoms with Gasteiger partial charge in [-0.2, -0.15) is 0 Å². The number of thiophene rings is 2. The van der Waals surface area contributed by atoms with Gasteiger partial charge < -0.3 is 0 Å². The average molecular weight is 1490 g/mol. The first kappa shape index (κ1) is 66.4. The SMILES string of the molecule is c1ccc(-c2ccc(-c3ccc(-c4ccccc4-c4nc(-c5ccccc5)nc(-c5cccc6c5sc5ccccc56)n4)c4cc(-c5ccc(-c6ccc(-c7c8ccccc8c(-c8ccccc8-c8nc(-c9ccccc9)nc(-c9cccc%10c9sc9ccccc9%10)n8)c8ccccc78)c7ccccc67)cc5)ccc34)cc2)cc1. The van der Waals surface area contributed by atoms with Crippen molar-refractivity contribution in [2.45, 2.75) is 0 Å². The molecule has 0 atom stereocenters. The normalized spacial score (nSPS) is 11.7. The van der Waals surface area contributed by atoms with Crippen molar-refractivity contribution in [2.75, 3.05) is 0 Å². The summed E-state index contributed by atoms with van der Waals surface area (Å²) in [7, 11) is 0. The van der Waals surface area contributed by atoms with Gasteiger partial charge in [-0.25, -0.2) is 29.9 Å². The van der Waals surface area contributed by atoms with Crippen LogP contribution >= 0.6 is 22.7 Å². The van der Waals surface area contributed by atoms with Crippen LogP contribution in [0.2, 0.25) is 0 Å². The Morgan fingerprint density at radius 2 is 0.439 bits per heavy atom. The first-order chi connectivity index (χ1) is 56.5. The number of hydrogen-bond donors (Lipinski definition) is 0. The van der Waals surface area contributed by atoms with Crippen LogP contribution in [0, 0.1) is 0 Å². The Morgan fingerprint density at radius 1 is 0.140 bits per heavy atom. The van der Waals surface area contributed by atoms with Crippen LogP contribution in [-0.2, 0) is 0 Å². The minimum Gasteiger partial charge on any atom is -0.208 e. The molecule has 6 nitrogen and oxygen atoms in total. The number of fused-ring (bicyclic) bond motifs is 10. The molecular weight excluding hydrogens is 1420 g/mol. The van der Waals surface area contributed by atoms with E-state index in [1.54, 1.807) is 22.7 Å². The minimum atomic E-state index is 0.605. The van der Waals surface area contributed by atoms with Gasteiger partial charge in [0.15, 0.2) is 34.9 Å². The average Bonchev–Trinajstić information content (AvgIpc) is 0.912. The van der Waals surface area contributed by atoms with E-state index in [0.717, 1.165) is 131 Å². The Morgan fingerprint density at radius 3 is 0.930 bits per heavy atom. The van der Waals surface area contributed by atoms with Crippen molar-refractivity contribution in [3.05, 3.63) is 388 Å². The number of benzene rings is 18. The molecule has 530 valence electrons. The molecule has 4 heterocycles. The highest BCUT2D eigenvalue weighted by Crippen LogP contribution is 2.51. The molecular formula is C106H64N6S2. The maximum Gasteiger partial charge on any atom is 0.165 e. The van der Waals surface area contributed by atoms with Crippen LogP contribution < -0.4 is 0 Å². The number of hydrogen-bond acceptors (Lipinski definition) is 8. The van der Waals surface area contributed by atoms with Crippen molar-refractivity contribution in [3.8, 4) is 146 Å². The molecule has 114 heavy (non-hydrogen) atoms. The summed E-state index contributed by atoms with van der Waals surface area (Å²) >= 11 is 3.56. The Bertz CT molecular complexity index is 7530. The highest BCUT2D eigenvalue weighted by Gasteiger charge is 2.26. The molecule has 22 aromatic rings. The Kier molecular flexibility index (Phi) is 16.2. The molecule has 0 amide bonds. The van der Waals surface area contributed by atoms with Gasteiger partial charge in [0.2, 0.25) is 0 Å². The number of nitrogens with zero attached hydrogens (tertiary/aromatic N) is 6. The fourth-order valence-electron chi connectivity index (χ4n) is 17.1. The lowest BCUT2D eigenvalue weighted by Gasteiger charge is -2.21. The fraction of sp³-hybridized carbons (Fsp3) is 0. The van der Waals surface area contributed by atoms with Crippen molar-refractivity contribution in [1.29, 1.82) is 0 Å². The van der Waals surface area contributed by atoms with Crippen molar-refractivity contribution >= 4 is 106 Å². The smallest absolute Gasteiger partial charge is 0.165 e. The van der Waals surface area contributed by atoms with Gasteiger partial charge in [-0.1, -0.05) is 358 Å². The highest BCUT2D eigenvalue weighted by atomic mass is 32.1. The molecule has 4 aromatic heterocycles. The van der Waals surface area contributed by atoms with Crippen LogP contribution in [-0.4, -0.2) is 29.9 Å². The lowest BCUT2D eigenvalue weighted by atomic mass is 9.83. The van der Waals surface area contributed by atoms with Crippen molar-refractivity contribution in [2.24, 2.45) is 0 Å². The zero-order chi connectivity index (χ0) is 75.2. The lowest BCUT2D eigenvalue weighted by molar-refractivity contribution is 1.08. The molecule has 0 bridgehead atoms. The molecule has 0 aliphatic carbocycles. The summed E-state index contributed by atoms with van der Waals surface area (Å²) in [4.78, 5) is 32.3. The Balaban J connectivity index is 0.655. The van der Waals surface area contributed by atoms with Crippen molar-refractivity contribution in [1.82, 2.24) is 29.9 Å². The second-order valence-electron chi connectivity index (χ2n) is 29.0. The molecule has 0 fully saturated rings. The van der Waals surface area contributed by atoms with Crippen LogP contribution in [0.25, 0.3) is 230 Å². The summed E-state index contributed by atoms with van der Waals surface area (Å²) in [6.07, 6.45) is 0. The van der Waals surface area contributed by atoms with Gasteiger partial charge in [0.1, 0.15) is 0 Å². The zero-order valence-electron chi connectivity index (χ0n) is 61.5. The molecule has 18 aromatic carbocycles. The summed E-state index contributed by atoms with van der Waals surface area (Å²) in [6.45, 7) is 0. The highest BCUT2D eigenvalue weighted by molar-refractivity contribution is 7.26. The minimum absolute atomic E-state index is 0.605. The predicted octanol–water partition coefficient (Wildman–Crippen LogP) is 29.1. The van der Waals surface area contributed by atoms with Gasteiger partial charge in [0.25, 0.3) is 0 Å². The van der Waals surface area contributed by atoms with Gasteiger partial charge in [-0.05, 0) is 151 Å². The largest absolute Gasteiger partial charge is 0.208 e. The quantitative estimate of drug-likeness (QED) is 0.107. The third-order valence-electron chi connectivity index (χ3n) is 22.5. The number of rotatable bonds is 13. The van der Waals surface area contributed by atoms with Crippen molar-refractivity contribution < 1.29 is 0 Å². The van der Waals surface area contributed by atoms with E-state index in [4.69, 9.17) is 29.9 Å². The second-order valence-corrected chi connectivity index (χ2v) is 31.1. The summed E-state index contributed by atoms with van der Waals surface area (Å²) < 4.78 is 4.76. The van der Waals surface area contributed by atoms with E-state index in [1.807, 2.05) is 36.4 Å². The summed E-state index contributed by atoms with van der Waals surface area (Å²) in [5, 5.41) is 14.0. The van der Waals surface area contributed by atoms with Crippen LogP contribution in [0.15, 0.2) is 388 Å². The van der Waals surface area contributed by atoms with Crippen LogP contribution in [0.1, 0.15) is 0 Å². The van der Waals surface area contributed by atoms with E-state index in [2.05, 4.69) is 352 Å². The van der Waals surface area contributed by atoms with Crippen LogP contribution in [0.4, 0.5) is 0 Å². The first-order valence-electron chi connectivity index (χ1n) is 38.5. The topological polar surface area (TPSA) is 77.3 Å². The molecule has 0 aliphatic heterocycles. The lowest BCUT2D eigenvalue weighted by Crippen LogP contribution is -2.01. The maximum absolute atomic E-state index is 5.48. The summed E-state index contributed by atoms with van der Waals surface area (Å²) in [5.74, 6) is 3.73. The van der Waals surface area contributed by atoms with E-state index in [0.29, 0.717) is 34.9 Å².